The second-order valence-electron chi connectivity index (χ2n) is 3.63. The highest BCUT2D eigenvalue weighted by Crippen LogP contribution is 2.25. The van der Waals surface area contributed by atoms with Crippen LogP contribution in [0, 0.1) is 13.8 Å². The summed E-state index contributed by atoms with van der Waals surface area (Å²) in [6.45, 7) is 12.3. The zero-order chi connectivity index (χ0) is 14.0. The van der Waals surface area contributed by atoms with Gasteiger partial charge in [0.2, 0.25) is 0 Å². The molecule has 98 valence electrons. The Balaban J connectivity index is 0.000000659. The van der Waals surface area contributed by atoms with Crippen LogP contribution in [-0.2, 0) is 0 Å². The minimum Gasteiger partial charge on any atom is -0.0683 e. The zero-order valence-corrected chi connectivity index (χ0v) is 12.6. The van der Waals surface area contributed by atoms with Crippen LogP contribution in [0.2, 0.25) is 0 Å². The molecule has 0 aliphatic heterocycles. The number of benzene rings is 2. The molecule has 2 rings (SSSR count). The molecular weight excluding hydrogens is 216 g/mol. The third kappa shape index (κ3) is 4.37. The predicted octanol–water partition coefficient (Wildman–Crippen LogP) is 6.02. The fourth-order valence-electron chi connectivity index (χ4n) is 1.75. The summed E-state index contributed by atoms with van der Waals surface area (Å²) in [4.78, 5) is 0. The molecular formula is C18H26. The molecule has 0 radical (unpaired) electrons. The molecule has 0 spiro atoms. The number of aryl methyl sites for hydroxylation is 2. The average molecular weight is 242 g/mol. The van der Waals surface area contributed by atoms with Crippen LogP contribution >= 0.6 is 0 Å². The molecule has 0 aromatic heterocycles. The van der Waals surface area contributed by atoms with Crippen LogP contribution in [0.5, 0.6) is 0 Å². The highest BCUT2D eigenvalue weighted by molar-refractivity contribution is 5.70. The topological polar surface area (TPSA) is 0 Å². The number of hydrogen-bond donors (Lipinski definition) is 0. The Morgan fingerprint density at radius 3 is 1.06 bits per heavy atom. The van der Waals surface area contributed by atoms with Crippen molar-refractivity contribution in [2.75, 3.05) is 0 Å². The second-order valence-corrected chi connectivity index (χ2v) is 3.63. The number of rotatable bonds is 1. The Hall–Kier alpha value is -1.56. The fraction of sp³-hybridized carbons (Fsp3) is 0.333. The van der Waals surface area contributed by atoms with Gasteiger partial charge >= 0.3 is 0 Å². The molecule has 0 nitrogen and oxygen atoms in total. The first-order valence-corrected chi connectivity index (χ1v) is 6.90. The van der Waals surface area contributed by atoms with Gasteiger partial charge in [-0.15, -0.1) is 0 Å². The lowest BCUT2D eigenvalue weighted by atomic mass is 9.97. The Morgan fingerprint density at radius 1 is 0.500 bits per heavy atom. The Labute approximate surface area is 113 Å². The minimum absolute atomic E-state index is 1.34. The van der Waals surface area contributed by atoms with Gasteiger partial charge in [0.05, 0.1) is 0 Å². The van der Waals surface area contributed by atoms with Crippen molar-refractivity contribution in [2.45, 2.75) is 41.5 Å². The normalized spacial score (nSPS) is 8.56. The van der Waals surface area contributed by atoms with Gasteiger partial charge in [-0.1, -0.05) is 76.2 Å². The van der Waals surface area contributed by atoms with E-state index in [-0.39, 0.29) is 0 Å². The molecule has 2 aromatic rings. The van der Waals surface area contributed by atoms with E-state index >= 15 is 0 Å². The molecule has 18 heavy (non-hydrogen) atoms. The van der Waals surface area contributed by atoms with Crippen molar-refractivity contribution < 1.29 is 0 Å². The van der Waals surface area contributed by atoms with Crippen LogP contribution in [0.15, 0.2) is 48.5 Å². The van der Waals surface area contributed by atoms with Gasteiger partial charge in [0, 0.05) is 0 Å². The van der Waals surface area contributed by atoms with Crippen LogP contribution in [0.4, 0.5) is 0 Å². The first kappa shape index (κ1) is 16.4. The summed E-state index contributed by atoms with van der Waals surface area (Å²) in [5.74, 6) is 0. The monoisotopic (exact) mass is 242 g/mol. The molecule has 0 saturated heterocycles. The van der Waals surface area contributed by atoms with Crippen LogP contribution < -0.4 is 0 Å². The highest BCUT2D eigenvalue weighted by atomic mass is 14.1. The van der Waals surface area contributed by atoms with E-state index in [2.05, 4.69) is 62.4 Å². The van der Waals surface area contributed by atoms with Gasteiger partial charge in [-0.3, -0.25) is 0 Å². The van der Waals surface area contributed by atoms with Crippen molar-refractivity contribution in [2.24, 2.45) is 0 Å². The summed E-state index contributed by atoms with van der Waals surface area (Å²) in [5.41, 5.74) is 5.35. The quantitative estimate of drug-likeness (QED) is 0.573. The van der Waals surface area contributed by atoms with Crippen molar-refractivity contribution >= 4 is 0 Å². The van der Waals surface area contributed by atoms with Gasteiger partial charge in [0.15, 0.2) is 0 Å². The van der Waals surface area contributed by atoms with Crippen molar-refractivity contribution in [3.63, 3.8) is 0 Å². The van der Waals surface area contributed by atoms with Crippen molar-refractivity contribution in [3.05, 3.63) is 59.7 Å². The number of hydrogen-bond acceptors (Lipinski definition) is 0. The molecule has 0 N–H and O–H groups in total. The molecule has 0 heterocycles. The molecule has 0 aliphatic carbocycles. The molecule has 0 bridgehead atoms. The maximum Gasteiger partial charge on any atom is -0.0152 e. The molecule has 0 amide bonds. The largest absolute Gasteiger partial charge is 0.0683 e. The maximum atomic E-state index is 2.18. The lowest BCUT2D eigenvalue weighted by molar-refractivity contribution is 1.41. The lowest BCUT2D eigenvalue weighted by Crippen LogP contribution is -1.85. The molecule has 0 fully saturated rings. The second kappa shape index (κ2) is 9.47. The van der Waals surface area contributed by atoms with E-state index in [1.54, 1.807) is 0 Å². The van der Waals surface area contributed by atoms with E-state index in [4.69, 9.17) is 0 Å². The molecule has 0 unspecified atom stereocenters. The first-order chi connectivity index (χ1) is 8.79. The summed E-state index contributed by atoms with van der Waals surface area (Å²) >= 11 is 0. The third-order valence-electron chi connectivity index (χ3n) is 2.58. The van der Waals surface area contributed by atoms with E-state index in [0.717, 1.165) is 0 Å². The molecule has 2 aromatic carbocycles. The van der Waals surface area contributed by atoms with Crippen molar-refractivity contribution in [3.8, 4) is 11.1 Å². The summed E-state index contributed by atoms with van der Waals surface area (Å²) < 4.78 is 0. The van der Waals surface area contributed by atoms with Crippen molar-refractivity contribution in [1.29, 1.82) is 0 Å². The van der Waals surface area contributed by atoms with E-state index in [9.17, 15) is 0 Å². The molecule has 0 aliphatic rings. The zero-order valence-electron chi connectivity index (χ0n) is 12.6. The SMILES string of the molecule is CC.CC.Cc1ccccc1-c1ccccc1C. The van der Waals surface area contributed by atoms with Crippen LogP contribution in [0.3, 0.4) is 0 Å². The van der Waals surface area contributed by atoms with E-state index in [0.29, 0.717) is 0 Å². The van der Waals surface area contributed by atoms with Crippen molar-refractivity contribution in [1.82, 2.24) is 0 Å². The smallest absolute Gasteiger partial charge is 0.0152 e. The Morgan fingerprint density at radius 2 is 0.778 bits per heavy atom. The van der Waals surface area contributed by atoms with Gasteiger partial charge < -0.3 is 0 Å². The van der Waals surface area contributed by atoms with Crippen LogP contribution in [0.1, 0.15) is 38.8 Å². The van der Waals surface area contributed by atoms with Gasteiger partial charge in [0.1, 0.15) is 0 Å². The van der Waals surface area contributed by atoms with Gasteiger partial charge in [0.25, 0.3) is 0 Å². The third-order valence-corrected chi connectivity index (χ3v) is 2.58. The van der Waals surface area contributed by atoms with Crippen LogP contribution in [-0.4, -0.2) is 0 Å². The Kier molecular flexibility index (Phi) is 8.65. The van der Waals surface area contributed by atoms with Gasteiger partial charge in [-0.2, -0.15) is 0 Å². The summed E-state index contributed by atoms with van der Waals surface area (Å²) in [7, 11) is 0. The van der Waals surface area contributed by atoms with Gasteiger partial charge in [-0.05, 0) is 36.1 Å². The molecule has 0 saturated carbocycles. The summed E-state index contributed by atoms with van der Waals surface area (Å²) in [6.07, 6.45) is 0. The predicted molar refractivity (Wildman–Crippen MR) is 84.0 cm³/mol. The summed E-state index contributed by atoms with van der Waals surface area (Å²) in [5, 5.41) is 0. The maximum absolute atomic E-state index is 2.18. The van der Waals surface area contributed by atoms with E-state index < -0.39 is 0 Å². The van der Waals surface area contributed by atoms with Crippen LogP contribution in [0.25, 0.3) is 11.1 Å². The molecule has 0 heteroatoms. The van der Waals surface area contributed by atoms with Gasteiger partial charge in [-0.25, -0.2) is 0 Å². The summed E-state index contributed by atoms with van der Waals surface area (Å²) in [6, 6.07) is 17.0. The molecule has 0 atom stereocenters. The average Bonchev–Trinajstić information content (AvgIpc) is 2.45. The van der Waals surface area contributed by atoms with E-state index in [1.807, 2.05) is 27.7 Å². The Bertz CT molecular complexity index is 398. The lowest BCUT2D eigenvalue weighted by Gasteiger charge is -2.08. The van der Waals surface area contributed by atoms with E-state index in [1.165, 1.54) is 22.3 Å². The minimum atomic E-state index is 1.34. The highest BCUT2D eigenvalue weighted by Gasteiger charge is 2.02. The standard InChI is InChI=1S/C14H14.2C2H6/c1-11-7-3-5-9-13(11)14-10-6-4-8-12(14)2;2*1-2/h3-10H,1-2H3;2*1-2H3. The first-order valence-electron chi connectivity index (χ1n) is 6.90. The fourth-order valence-corrected chi connectivity index (χ4v) is 1.75.